The first kappa shape index (κ1) is 22.9. The lowest BCUT2D eigenvalue weighted by Crippen LogP contribution is -2.23. The van der Waals surface area contributed by atoms with Gasteiger partial charge in [0.2, 0.25) is 0 Å². The average Bonchev–Trinajstić information content (AvgIpc) is 2.74. The van der Waals surface area contributed by atoms with Crippen molar-refractivity contribution in [3.8, 4) is 11.5 Å². The Morgan fingerprint density at radius 2 is 1.61 bits per heavy atom. The lowest BCUT2D eigenvalue weighted by molar-refractivity contribution is -0.144. The number of ether oxygens (including phenoxy) is 2. The summed E-state index contributed by atoms with van der Waals surface area (Å²) in [5.74, 6) is 0.246. The van der Waals surface area contributed by atoms with E-state index in [4.69, 9.17) is 14.6 Å². The standard InChI is InChI=1S/C26H25IO4/c1-17-4-6-20(7-5-17)24(21-8-10-22(27)11-9-21)14-15-30-23-12-13-25(18(2)16-23)31-19(3)26(28)29/h4-14,16,19H,15H2,1-3H3,(H,28,29)/b24-14+. The Morgan fingerprint density at radius 3 is 2.19 bits per heavy atom. The van der Waals surface area contributed by atoms with E-state index in [1.807, 2.05) is 13.0 Å². The molecular formula is C26H25IO4. The molecule has 3 rings (SSSR count). The zero-order chi connectivity index (χ0) is 22.4. The third kappa shape index (κ3) is 6.34. The summed E-state index contributed by atoms with van der Waals surface area (Å²) in [6, 6.07) is 22.3. The summed E-state index contributed by atoms with van der Waals surface area (Å²) in [6.45, 7) is 5.86. The fourth-order valence-electron chi connectivity index (χ4n) is 3.07. The van der Waals surface area contributed by atoms with Crippen molar-refractivity contribution in [1.82, 2.24) is 0 Å². The predicted molar refractivity (Wildman–Crippen MR) is 132 cm³/mol. The van der Waals surface area contributed by atoms with Gasteiger partial charge in [-0.05, 0) is 102 Å². The predicted octanol–water partition coefficient (Wildman–Crippen LogP) is 6.27. The molecule has 1 atom stereocenters. The molecule has 3 aromatic rings. The average molecular weight is 528 g/mol. The second-order valence-electron chi connectivity index (χ2n) is 7.33. The Bertz CT molecular complexity index is 1020. The van der Waals surface area contributed by atoms with Gasteiger partial charge < -0.3 is 14.6 Å². The van der Waals surface area contributed by atoms with Gasteiger partial charge in [0.1, 0.15) is 18.1 Å². The molecule has 31 heavy (non-hydrogen) atoms. The van der Waals surface area contributed by atoms with Crippen molar-refractivity contribution in [3.63, 3.8) is 0 Å². The Morgan fingerprint density at radius 1 is 1.00 bits per heavy atom. The van der Waals surface area contributed by atoms with Crippen LogP contribution >= 0.6 is 22.6 Å². The van der Waals surface area contributed by atoms with E-state index in [2.05, 4.69) is 84.1 Å². The van der Waals surface area contributed by atoms with Crippen molar-refractivity contribution in [2.45, 2.75) is 26.9 Å². The maximum atomic E-state index is 11.0. The summed E-state index contributed by atoms with van der Waals surface area (Å²) >= 11 is 2.30. The van der Waals surface area contributed by atoms with Gasteiger partial charge in [0.05, 0.1) is 0 Å². The molecule has 5 heteroatoms. The zero-order valence-electron chi connectivity index (χ0n) is 17.8. The second kappa shape index (κ2) is 10.5. The maximum absolute atomic E-state index is 11.0. The monoisotopic (exact) mass is 528 g/mol. The Balaban J connectivity index is 1.78. The van der Waals surface area contributed by atoms with Crippen LogP contribution in [0.2, 0.25) is 0 Å². The molecule has 160 valence electrons. The Kier molecular flexibility index (Phi) is 7.74. The Hall–Kier alpha value is -2.80. The van der Waals surface area contributed by atoms with Gasteiger partial charge in [0, 0.05) is 3.57 Å². The van der Waals surface area contributed by atoms with E-state index < -0.39 is 12.1 Å². The van der Waals surface area contributed by atoms with Crippen molar-refractivity contribution in [2.24, 2.45) is 0 Å². The molecular weight excluding hydrogens is 503 g/mol. The molecule has 0 aromatic heterocycles. The van der Waals surface area contributed by atoms with Gasteiger partial charge in [-0.25, -0.2) is 4.79 Å². The largest absolute Gasteiger partial charge is 0.489 e. The van der Waals surface area contributed by atoms with Gasteiger partial charge in [-0.3, -0.25) is 0 Å². The minimum atomic E-state index is -0.996. The van der Waals surface area contributed by atoms with E-state index >= 15 is 0 Å². The van der Waals surface area contributed by atoms with Gasteiger partial charge in [-0.2, -0.15) is 0 Å². The molecule has 0 radical (unpaired) electrons. The number of hydrogen-bond acceptors (Lipinski definition) is 3. The summed E-state index contributed by atoms with van der Waals surface area (Å²) in [7, 11) is 0. The molecule has 1 unspecified atom stereocenters. The third-order valence-electron chi connectivity index (χ3n) is 4.85. The molecule has 0 aliphatic rings. The minimum Gasteiger partial charge on any atom is -0.489 e. The highest BCUT2D eigenvalue weighted by atomic mass is 127. The Labute approximate surface area is 196 Å². The van der Waals surface area contributed by atoms with E-state index in [1.165, 1.54) is 16.1 Å². The highest BCUT2D eigenvalue weighted by Crippen LogP contribution is 2.27. The van der Waals surface area contributed by atoms with E-state index in [1.54, 1.807) is 12.1 Å². The van der Waals surface area contributed by atoms with Crippen LogP contribution in [0.3, 0.4) is 0 Å². The quantitative estimate of drug-likeness (QED) is 0.350. The van der Waals surface area contributed by atoms with Crippen LogP contribution in [0, 0.1) is 17.4 Å². The zero-order valence-corrected chi connectivity index (χ0v) is 19.9. The molecule has 0 amide bonds. The molecule has 0 aliphatic carbocycles. The SMILES string of the molecule is Cc1ccc(/C(=C\COc2ccc(OC(C)C(=O)O)c(C)c2)c2ccc(I)cc2)cc1. The minimum absolute atomic E-state index is 0.403. The van der Waals surface area contributed by atoms with Gasteiger partial charge in [0.15, 0.2) is 6.10 Å². The van der Waals surface area contributed by atoms with Crippen molar-refractivity contribution in [2.75, 3.05) is 6.61 Å². The van der Waals surface area contributed by atoms with Crippen molar-refractivity contribution >= 4 is 34.1 Å². The molecule has 1 N–H and O–H groups in total. The summed E-state index contributed by atoms with van der Waals surface area (Å²) < 4.78 is 12.6. The number of benzene rings is 3. The first-order valence-electron chi connectivity index (χ1n) is 9.99. The topological polar surface area (TPSA) is 55.8 Å². The fraction of sp³-hybridized carbons (Fsp3) is 0.192. The lowest BCUT2D eigenvalue weighted by atomic mass is 9.97. The van der Waals surface area contributed by atoms with E-state index in [0.29, 0.717) is 18.1 Å². The van der Waals surface area contributed by atoms with Crippen molar-refractivity contribution in [3.05, 3.63) is 98.6 Å². The van der Waals surface area contributed by atoms with Crippen LogP contribution in [0.1, 0.15) is 29.2 Å². The number of aryl methyl sites for hydroxylation is 2. The number of carbonyl (C=O) groups is 1. The molecule has 4 nitrogen and oxygen atoms in total. The van der Waals surface area contributed by atoms with Gasteiger partial charge in [-0.15, -0.1) is 0 Å². The van der Waals surface area contributed by atoms with Crippen molar-refractivity contribution in [1.29, 1.82) is 0 Å². The number of halogens is 1. The fourth-order valence-corrected chi connectivity index (χ4v) is 3.43. The van der Waals surface area contributed by atoms with Crippen LogP contribution in [-0.4, -0.2) is 23.8 Å². The van der Waals surface area contributed by atoms with Gasteiger partial charge in [-0.1, -0.05) is 42.0 Å². The highest BCUT2D eigenvalue weighted by Gasteiger charge is 2.14. The molecule has 0 heterocycles. The van der Waals surface area contributed by atoms with Crippen LogP contribution < -0.4 is 9.47 Å². The first-order chi connectivity index (χ1) is 14.8. The summed E-state index contributed by atoms with van der Waals surface area (Å²) in [5, 5.41) is 9.02. The summed E-state index contributed by atoms with van der Waals surface area (Å²) in [6.07, 6.45) is 1.18. The number of aliphatic carboxylic acids is 1. The van der Waals surface area contributed by atoms with Gasteiger partial charge in [0.25, 0.3) is 0 Å². The molecule has 3 aromatic carbocycles. The summed E-state index contributed by atoms with van der Waals surface area (Å²) in [5.41, 5.74) is 5.43. The van der Waals surface area contributed by atoms with Crippen LogP contribution in [0.5, 0.6) is 11.5 Å². The number of hydrogen-bond donors (Lipinski definition) is 1. The second-order valence-corrected chi connectivity index (χ2v) is 8.57. The van der Waals surface area contributed by atoms with Crippen LogP contribution in [0.25, 0.3) is 5.57 Å². The number of carboxylic acids is 1. The van der Waals surface area contributed by atoms with E-state index in [-0.39, 0.29) is 0 Å². The van der Waals surface area contributed by atoms with Crippen molar-refractivity contribution < 1.29 is 19.4 Å². The molecule has 0 fully saturated rings. The molecule has 0 spiro atoms. The van der Waals surface area contributed by atoms with Crippen LogP contribution in [0.15, 0.2) is 72.8 Å². The molecule has 0 saturated carbocycles. The van der Waals surface area contributed by atoms with Crippen LogP contribution in [0.4, 0.5) is 0 Å². The molecule has 0 aliphatic heterocycles. The number of carboxylic acid groups (broad SMARTS) is 1. The summed E-state index contributed by atoms with van der Waals surface area (Å²) in [4.78, 5) is 11.0. The maximum Gasteiger partial charge on any atom is 0.344 e. The smallest absolute Gasteiger partial charge is 0.344 e. The normalized spacial score (nSPS) is 12.3. The van der Waals surface area contributed by atoms with Gasteiger partial charge >= 0.3 is 5.97 Å². The highest BCUT2D eigenvalue weighted by molar-refractivity contribution is 14.1. The third-order valence-corrected chi connectivity index (χ3v) is 5.57. The van der Waals surface area contributed by atoms with Crippen LogP contribution in [-0.2, 0) is 4.79 Å². The lowest BCUT2D eigenvalue weighted by Gasteiger charge is -2.14. The molecule has 0 bridgehead atoms. The number of rotatable bonds is 8. The van der Waals surface area contributed by atoms with E-state index in [9.17, 15) is 4.79 Å². The van der Waals surface area contributed by atoms with E-state index in [0.717, 1.165) is 22.3 Å². The first-order valence-corrected chi connectivity index (χ1v) is 11.1. The molecule has 0 saturated heterocycles.